The number of anilines is 2. The van der Waals surface area contributed by atoms with Gasteiger partial charge in [-0.3, -0.25) is 0 Å². The van der Waals surface area contributed by atoms with Gasteiger partial charge in [0.1, 0.15) is 5.01 Å². The number of hydrogen-bond acceptors (Lipinski definition) is 5. The Bertz CT molecular complexity index is 435. The van der Waals surface area contributed by atoms with Crippen molar-refractivity contribution in [2.24, 2.45) is 5.73 Å². The largest absolute Gasteiger partial charge is 0.330 e. The van der Waals surface area contributed by atoms with Gasteiger partial charge in [0, 0.05) is 12.2 Å². The first-order chi connectivity index (χ1) is 7.28. The molecule has 0 radical (unpaired) electrons. The third-order valence-electron chi connectivity index (χ3n) is 1.97. The van der Waals surface area contributed by atoms with Crippen LogP contribution >= 0.6 is 11.3 Å². The Morgan fingerprint density at radius 3 is 2.53 bits per heavy atom. The Balaban J connectivity index is 2.11. The highest BCUT2D eigenvalue weighted by atomic mass is 32.1. The van der Waals surface area contributed by atoms with Crippen molar-refractivity contribution in [3.05, 3.63) is 34.8 Å². The molecule has 0 aliphatic rings. The summed E-state index contributed by atoms with van der Waals surface area (Å²) in [6.07, 6.45) is 0. The van der Waals surface area contributed by atoms with Gasteiger partial charge in [-0.2, -0.15) is 0 Å². The maximum atomic E-state index is 5.52. The van der Waals surface area contributed by atoms with Gasteiger partial charge in [0.15, 0.2) is 0 Å². The van der Waals surface area contributed by atoms with Crippen molar-refractivity contribution in [2.75, 3.05) is 5.32 Å². The highest BCUT2D eigenvalue weighted by Gasteiger charge is 2.00. The maximum Gasteiger partial charge on any atom is 0.210 e. The van der Waals surface area contributed by atoms with Crippen LogP contribution in [0.15, 0.2) is 24.3 Å². The molecule has 1 heterocycles. The van der Waals surface area contributed by atoms with Crippen molar-refractivity contribution in [3.63, 3.8) is 0 Å². The van der Waals surface area contributed by atoms with E-state index in [0.717, 1.165) is 21.4 Å². The average Bonchev–Trinajstić information content (AvgIpc) is 2.65. The van der Waals surface area contributed by atoms with E-state index in [2.05, 4.69) is 15.5 Å². The van der Waals surface area contributed by atoms with Crippen LogP contribution in [0.1, 0.15) is 10.6 Å². The summed E-state index contributed by atoms with van der Waals surface area (Å²) in [4.78, 5) is 0. The molecule has 0 saturated carbocycles. The first kappa shape index (κ1) is 10.1. The monoisotopic (exact) mass is 220 g/mol. The van der Waals surface area contributed by atoms with E-state index in [1.165, 1.54) is 11.3 Å². The second-order valence-electron chi connectivity index (χ2n) is 3.15. The van der Waals surface area contributed by atoms with Crippen LogP contribution in [0.4, 0.5) is 10.8 Å². The van der Waals surface area contributed by atoms with Crippen molar-refractivity contribution in [2.45, 2.75) is 13.5 Å². The Hall–Kier alpha value is -1.46. The standard InChI is InChI=1S/C10H12N4S/c1-7-13-14-10(15-7)12-9-4-2-8(6-11)3-5-9/h2-5H,6,11H2,1H3,(H,12,14). The van der Waals surface area contributed by atoms with Crippen LogP contribution in [0.25, 0.3) is 0 Å². The minimum atomic E-state index is 0.568. The highest BCUT2D eigenvalue weighted by molar-refractivity contribution is 7.15. The molecule has 1 aromatic carbocycles. The third kappa shape index (κ3) is 2.51. The quantitative estimate of drug-likeness (QED) is 0.831. The van der Waals surface area contributed by atoms with Crippen molar-refractivity contribution in [3.8, 4) is 0 Å². The summed E-state index contributed by atoms with van der Waals surface area (Å²) in [6, 6.07) is 7.96. The fraction of sp³-hybridized carbons (Fsp3) is 0.200. The Labute approximate surface area is 92.2 Å². The molecule has 5 heteroatoms. The molecule has 0 fully saturated rings. The Morgan fingerprint density at radius 1 is 1.27 bits per heavy atom. The predicted octanol–water partition coefficient (Wildman–Crippen LogP) is 2.05. The lowest BCUT2D eigenvalue weighted by Gasteiger charge is -2.02. The normalized spacial score (nSPS) is 10.3. The molecule has 78 valence electrons. The molecule has 0 bridgehead atoms. The summed E-state index contributed by atoms with van der Waals surface area (Å²) in [5.74, 6) is 0. The molecule has 1 aromatic heterocycles. The SMILES string of the molecule is Cc1nnc(Nc2ccc(CN)cc2)s1. The zero-order valence-electron chi connectivity index (χ0n) is 8.40. The van der Waals surface area contributed by atoms with E-state index in [1.807, 2.05) is 31.2 Å². The van der Waals surface area contributed by atoms with Crippen LogP contribution < -0.4 is 11.1 Å². The number of benzene rings is 1. The molecular weight excluding hydrogens is 208 g/mol. The van der Waals surface area contributed by atoms with Crippen LogP contribution in [-0.2, 0) is 6.54 Å². The molecule has 0 amide bonds. The van der Waals surface area contributed by atoms with Gasteiger partial charge in [0.05, 0.1) is 0 Å². The van der Waals surface area contributed by atoms with Crippen LogP contribution in [0.5, 0.6) is 0 Å². The molecule has 3 N–H and O–H groups in total. The number of hydrogen-bond donors (Lipinski definition) is 2. The zero-order valence-corrected chi connectivity index (χ0v) is 9.21. The lowest BCUT2D eigenvalue weighted by Crippen LogP contribution is -1.96. The third-order valence-corrected chi connectivity index (χ3v) is 2.72. The fourth-order valence-corrected chi connectivity index (χ4v) is 1.81. The van der Waals surface area contributed by atoms with Crippen molar-refractivity contribution in [1.82, 2.24) is 10.2 Å². The number of nitrogens with zero attached hydrogens (tertiary/aromatic N) is 2. The van der Waals surface area contributed by atoms with Gasteiger partial charge < -0.3 is 11.1 Å². The van der Waals surface area contributed by atoms with Gasteiger partial charge in [-0.05, 0) is 24.6 Å². The molecule has 4 nitrogen and oxygen atoms in total. The molecule has 0 atom stereocenters. The molecule has 0 unspecified atom stereocenters. The van der Waals surface area contributed by atoms with Gasteiger partial charge >= 0.3 is 0 Å². The molecule has 2 rings (SSSR count). The molecule has 0 aliphatic heterocycles. The second kappa shape index (κ2) is 4.37. The molecule has 0 aliphatic carbocycles. The molecule has 0 saturated heterocycles. The molecule has 15 heavy (non-hydrogen) atoms. The topological polar surface area (TPSA) is 63.8 Å². The van der Waals surface area contributed by atoms with Crippen molar-refractivity contribution in [1.29, 1.82) is 0 Å². The van der Waals surface area contributed by atoms with Crippen molar-refractivity contribution < 1.29 is 0 Å². The Morgan fingerprint density at radius 2 is 2.00 bits per heavy atom. The number of aryl methyl sites for hydroxylation is 1. The van der Waals surface area contributed by atoms with Gasteiger partial charge in [0.25, 0.3) is 0 Å². The van der Waals surface area contributed by atoms with E-state index in [4.69, 9.17) is 5.73 Å². The van der Waals surface area contributed by atoms with E-state index >= 15 is 0 Å². The smallest absolute Gasteiger partial charge is 0.210 e. The molecular formula is C10H12N4S. The summed E-state index contributed by atoms with van der Waals surface area (Å²) in [6.45, 7) is 2.50. The van der Waals surface area contributed by atoms with Crippen LogP contribution in [0, 0.1) is 6.92 Å². The predicted molar refractivity (Wildman–Crippen MR) is 62.3 cm³/mol. The summed E-state index contributed by atoms with van der Waals surface area (Å²) in [5.41, 5.74) is 7.64. The van der Waals surface area contributed by atoms with E-state index in [0.29, 0.717) is 6.54 Å². The van der Waals surface area contributed by atoms with Crippen LogP contribution in [-0.4, -0.2) is 10.2 Å². The summed E-state index contributed by atoms with van der Waals surface area (Å²) < 4.78 is 0. The lowest BCUT2D eigenvalue weighted by molar-refractivity contribution is 1.05. The fourth-order valence-electron chi connectivity index (χ4n) is 1.19. The first-order valence-corrected chi connectivity index (χ1v) is 5.46. The van der Waals surface area contributed by atoms with Gasteiger partial charge in [-0.1, -0.05) is 23.5 Å². The lowest BCUT2D eigenvalue weighted by atomic mass is 10.2. The maximum absolute atomic E-state index is 5.52. The second-order valence-corrected chi connectivity index (χ2v) is 4.33. The molecule has 2 aromatic rings. The number of rotatable bonds is 3. The van der Waals surface area contributed by atoms with E-state index in [1.54, 1.807) is 0 Å². The van der Waals surface area contributed by atoms with Gasteiger partial charge in [0.2, 0.25) is 5.13 Å². The summed E-state index contributed by atoms with van der Waals surface area (Å²) >= 11 is 1.53. The number of nitrogens with two attached hydrogens (primary N) is 1. The van der Waals surface area contributed by atoms with Crippen molar-refractivity contribution >= 4 is 22.2 Å². The van der Waals surface area contributed by atoms with Crippen LogP contribution in [0.3, 0.4) is 0 Å². The average molecular weight is 220 g/mol. The zero-order chi connectivity index (χ0) is 10.7. The van der Waals surface area contributed by atoms with E-state index in [9.17, 15) is 0 Å². The van der Waals surface area contributed by atoms with Gasteiger partial charge in [-0.15, -0.1) is 10.2 Å². The van der Waals surface area contributed by atoms with Crippen LogP contribution in [0.2, 0.25) is 0 Å². The summed E-state index contributed by atoms with van der Waals surface area (Å²) in [5, 5.41) is 12.9. The summed E-state index contributed by atoms with van der Waals surface area (Å²) in [7, 11) is 0. The first-order valence-electron chi connectivity index (χ1n) is 4.64. The molecule has 0 spiro atoms. The van der Waals surface area contributed by atoms with E-state index < -0.39 is 0 Å². The number of nitrogens with one attached hydrogen (secondary N) is 1. The minimum Gasteiger partial charge on any atom is -0.330 e. The van der Waals surface area contributed by atoms with E-state index in [-0.39, 0.29) is 0 Å². The highest BCUT2D eigenvalue weighted by Crippen LogP contribution is 2.20. The Kier molecular flexibility index (Phi) is 2.94. The van der Waals surface area contributed by atoms with Gasteiger partial charge in [-0.25, -0.2) is 0 Å². The number of aromatic nitrogens is 2. The minimum absolute atomic E-state index is 0.568.